The summed E-state index contributed by atoms with van der Waals surface area (Å²) in [6.07, 6.45) is 2.99. The van der Waals surface area contributed by atoms with E-state index < -0.39 is 0 Å². The van der Waals surface area contributed by atoms with Crippen molar-refractivity contribution >= 4 is 34.0 Å². The van der Waals surface area contributed by atoms with Crippen molar-refractivity contribution in [1.82, 2.24) is 17.7 Å². The van der Waals surface area contributed by atoms with Crippen LogP contribution in [-0.2, 0) is 0 Å². The fraction of sp³-hybridized carbons (Fsp3) is 0. The predicted octanol–water partition coefficient (Wildman–Crippen LogP) is 0.318. The van der Waals surface area contributed by atoms with Crippen molar-refractivity contribution in [1.29, 1.82) is 0 Å². The van der Waals surface area contributed by atoms with Gasteiger partial charge in [0.1, 0.15) is 11.8 Å². The second kappa shape index (κ2) is 2.29. The molecule has 0 bridgehead atoms. The number of aromatic amines is 1. The highest BCUT2D eigenvalue weighted by molar-refractivity contribution is 14.1. The zero-order valence-corrected chi connectivity index (χ0v) is 7.44. The molecule has 0 aliphatic carbocycles. The number of nitrogens with zero attached hydrogens (tertiary/aromatic N) is 3. The van der Waals surface area contributed by atoms with Gasteiger partial charge >= 0.3 is 5.69 Å². The van der Waals surface area contributed by atoms with E-state index in [1.807, 2.05) is 22.9 Å². The van der Waals surface area contributed by atoms with Crippen LogP contribution in [-0.4, -0.2) is 17.7 Å². The van der Waals surface area contributed by atoms with Gasteiger partial charge in [0.2, 0.25) is 0 Å². The summed E-state index contributed by atoms with van der Waals surface area (Å²) in [4.78, 5) is 21.2. The van der Waals surface area contributed by atoms with Crippen molar-refractivity contribution in [2.45, 2.75) is 0 Å². The number of halogens is 1. The number of aromatic nitrogens is 4. The summed E-state index contributed by atoms with van der Waals surface area (Å²) in [5.41, 5.74) is 1.10. The number of fused-ring (bicyclic) bond motifs is 1. The molecule has 2 heterocycles. The minimum Gasteiger partial charge on any atom is -0.289 e. The third-order valence-corrected chi connectivity index (χ3v) is 2.27. The molecule has 0 unspecified atom stereocenters. The normalized spacial score (nSPS) is 10.6. The molecule has 0 saturated heterocycles. The van der Waals surface area contributed by atoms with Crippen molar-refractivity contribution in [2.24, 2.45) is 0 Å². The number of nitrogens with one attached hydrogen (secondary N) is 1. The van der Waals surface area contributed by atoms with Crippen molar-refractivity contribution < 1.29 is 0 Å². The molecule has 0 aliphatic rings. The molecule has 1 N–H and O–H groups in total. The van der Waals surface area contributed by atoms with E-state index >= 15 is 0 Å². The van der Waals surface area contributed by atoms with Gasteiger partial charge in [-0.25, -0.2) is 17.5 Å². The zero-order valence-electron chi connectivity index (χ0n) is 5.28. The quantitative estimate of drug-likeness (QED) is 0.695. The maximum absolute atomic E-state index is 11.0. The fourth-order valence-electron chi connectivity index (χ4n) is 0.822. The Balaban J connectivity index is 3.04. The lowest BCUT2D eigenvalue weighted by Gasteiger charge is -1.85. The van der Waals surface area contributed by atoms with Crippen molar-refractivity contribution in [3.05, 3.63) is 23.0 Å². The molecule has 2 aromatic heterocycles. The monoisotopic (exact) mass is 262 g/mol. The first-order valence-corrected chi connectivity index (χ1v) is 3.82. The van der Waals surface area contributed by atoms with Crippen molar-refractivity contribution in [3.8, 4) is 0 Å². The maximum Gasteiger partial charge on any atom is 0.336 e. The minimum absolute atomic E-state index is 0.180. The van der Waals surface area contributed by atoms with Gasteiger partial charge in [-0.1, -0.05) is 0 Å². The highest BCUT2D eigenvalue weighted by Gasteiger charge is 2.02. The van der Waals surface area contributed by atoms with E-state index in [0.29, 0.717) is 11.2 Å². The highest BCUT2D eigenvalue weighted by atomic mass is 127. The first-order valence-electron chi connectivity index (χ1n) is 2.86. The fourth-order valence-corrected chi connectivity index (χ4v) is 1.30. The van der Waals surface area contributed by atoms with E-state index in [2.05, 4.69) is 15.0 Å². The van der Waals surface area contributed by atoms with Gasteiger partial charge in [0.15, 0.2) is 5.65 Å². The number of hydrogen-bond acceptors (Lipinski definition) is 3. The summed E-state index contributed by atoms with van der Waals surface area (Å²) in [6.45, 7) is 0. The largest absolute Gasteiger partial charge is 0.336 e. The lowest BCUT2D eigenvalue weighted by molar-refractivity contribution is 1.17. The first-order chi connectivity index (χ1) is 5.29. The van der Waals surface area contributed by atoms with Crippen LogP contribution in [0.15, 0.2) is 17.3 Å². The Morgan fingerprint density at radius 2 is 2.45 bits per heavy atom. The van der Waals surface area contributed by atoms with Crippen LogP contribution in [0, 0.1) is 0 Å². The predicted molar refractivity (Wildman–Crippen MR) is 47.6 cm³/mol. The van der Waals surface area contributed by atoms with E-state index in [4.69, 9.17) is 0 Å². The topological polar surface area (TPSA) is 63.6 Å². The van der Waals surface area contributed by atoms with Crippen LogP contribution in [0.3, 0.4) is 0 Å². The summed E-state index contributed by atoms with van der Waals surface area (Å²) in [6, 6.07) is 0. The van der Waals surface area contributed by atoms with Crippen LogP contribution in [0.4, 0.5) is 0 Å². The lowest BCUT2D eigenvalue weighted by atomic mass is 10.6. The molecule has 0 radical (unpaired) electrons. The lowest BCUT2D eigenvalue weighted by Crippen LogP contribution is -2.06. The number of hydrogen-bond donors (Lipinski definition) is 1. The smallest absolute Gasteiger partial charge is 0.289 e. The molecule has 5 nitrogen and oxygen atoms in total. The van der Waals surface area contributed by atoms with Gasteiger partial charge in [0.05, 0.1) is 29.1 Å². The van der Waals surface area contributed by atoms with E-state index in [1.165, 1.54) is 9.11 Å². The summed E-state index contributed by atoms with van der Waals surface area (Å²) < 4.78 is 1.44. The number of rotatable bonds is 0. The molecule has 11 heavy (non-hydrogen) atoms. The summed E-state index contributed by atoms with van der Waals surface area (Å²) >= 11 is 1.89. The average Bonchev–Trinajstić information content (AvgIpc) is 2.30. The Labute approximate surface area is 75.0 Å². The molecule has 0 spiro atoms. The Morgan fingerprint density at radius 3 is 3.18 bits per heavy atom. The second-order valence-electron chi connectivity index (χ2n) is 1.97. The van der Waals surface area contributed by atoms with Crippen LogP contribution >= 0.6 is 22.9 Å². The molecule has 0 saturated carbocycles. The van der Waals surface area contributed by atoms with Crippen LogP contribution in [0.5, 0.6) is 0 Å². The summed E-state index contributed by atoms with van der Waals surface area (Å²) in [7, 11) is 0. The van der Waals surface area contributed by atoms with E-state index in [-0.39, 0.29) is 5.69 Å². The SMILES string of the molecule is O=c1[nH]c2ncncc2n1I. The molecule has 6 heteroatoms. The molecular weight excluding hydrogens is 259 g/mol. The maximum atomic E-state index is 11.0. The third-order valence-electron chi connectivity index (χ3n) is 1.31. The third kappa shape index (κ3) is 0.934. The van der Waals surface area contributed by atoms with Gasteiger partial charge < -0.3 is 0 Å². The standard InChI is InChI=1S/C5H3IN4O/c6-10-3-1-7-2-8-4(3)9-5(10)11/h1-2H,(H,7,8,9,11). The Kier molecular flexibility index (Phi) is 1.41. The zero-order chi connectivity index (χ0) is 7.84. The van der Waals surface area contributed by atoms with Gasteiger partial charge in [-0.2, -0.15) is 0 Å². The van der Waals surface area contributed by atoms with Crippen LogP contribution in [0.25, 0.3) is 11.2 Å². The number of imidazole rings is 1. The minimum atomic E-state index is -0.180. The Morgan fingerprint density at radius 1 is 1.64 bits per heavy atom. The van der Waals surface area contributed by atoms with Gasteiger partial charge in [-0.3, -0.25) is 4.98 Å². The van der Waals surface area contributed by atoms with E-state index in [0.717, 1.165) is 0 Å². The number of H-pyrrole nitrogens is 1. The molecule has 0 fully saturated rings. The highest BCUT2D eigenvalue weighted by Crippen LogP contribution is 2.05. The molecule has 2 aromatic rings. The summed E-state index contributed by atoms with van der Waals surface area (Å²) in [5.74, 6) is 0. The van der Waals surface area contributed by atoms with Crippen LogP contribution in [0.2, 0.25) is 0 Å². The second-order valence-corrected chi connectivity index (χ2v) is 2.93. The van der Waals surface area contributed by atoms with Crippen molar-refractivity contribution in [2.75, 3.05) is 0 Å². The van der Waals surface area contributed by atoms with Crippen LogP contribution in [0.1, 0.15) is 0 Å². The van der Waals surface area contributed by atoms with E-state index in [9.17, 15) is 4.79 Å². The Bertz CT molecular complexity index is 445. The van der Waals surface area contributed by atoms with E-state index in [1.54, 1.807) is 6.20 Å². The van der Waals surface area contributed by atoms with Gasteiger partial charge in [0.25, 0.3) is 0 Å². The van der Waals surface area contributed by atoms with Crippen LogP contribution < -0.4 is 5.69 Å². The summed E-state index contributed by atoms with van der Waals surface area (Å²) in [5, 5.41) is 0. The molecular formula is C5H3IN4O. The van der Waals surface area contributed by atoms with Gasteiger partial charge in [-0.15, -0.1) is 0 Å². The van der Waals surface area contributed by atoms with Gasteiger partial charge in [-0.05, 0) is 0 Å². The molecule has 56 valence electrons. The molecule has 0 atom stereocenters. The first kappa shape index (κ1) is 6.77. The van der Waals surface area contributed by atoms with Gasteiger partial charge in [0, 0.05) is 0 Å². The van der Waals surface area contributed by atoms with Crippen molar-refractivity contribution in [3.63, 3.8) is 0 Å². The average molecular weight is 262 g/mol. The molecule has 2 rings (SSSR count). The molecule has 0 aliphatic heterocycles. The Hall–Kier alpha value is -0.920. The molecule has 0 aromatic carbocycles. The molecule has 0 amide bonds.